The maximum absolute atomic E-state index is 11.8. The molecule has 2 atom stereocenters. The van der Waals surface area contributed by atoms with Crippen LogP contribution in [-0.4, -0.2) is 41.2 Å². The van der Waals surface area contributed by atoms with Gasteiger partial charge in [-0.1, -0.05) is 19.8 Å². The SMILES string of the molecule is CC(CCCC(C)C(=O)O)NC(=O)NN1CCCCC1. The van der Waals surface area contributed by atoms with Gasteiger partial charge in [0.1, 0.15) is 0 Å². The molecule has 6 nitrogen and oxygen atoms in total. The van der Waals surface area contributed by atoms with Crippen LogP contribution in [0.4, 0.5) is 4.79 Å². The molecule has 0 bridgehead atoms. The number of aliphatic carboxylic acids is 1. The Balaban J connectivity index is 2.12. The Morgan fingerprint density at radius 1 is 1.15 bits per heavy atom. The lowest BCUT2D eigenvalue weighted by atomic mass is 10.0. The zero-order valence-electron chi connectivity index (χ0n) is 12.5. The van der Waals surface area contributed by atoms with Crippen LogP contribution in [-0.2, 0) is 4.79 Å². The average molecular weight is 285 g/mol. The summed E-state index contributed by atoms with van der Waals surface area (Å²) >= 11 is 0. The highest BCUT2D eigenvalue weighted by Crippen LogP contribution is 2.10. The van der Waals surface area contributed by atoms with Crippen LogP contribution in [0.15, 0.2) is 0 Å². The number of nitrogens with zero attached hydrogens (tertiary/aromatic N) is 1. The van der Waals surface area contributed by atoms with Gasteiger partial charge in [-0.2, -0.15) is 0 Å². The number of carbonyl (C=O) groups is 2. The molecule has 3 N–H and O–H groups in total. The van der Waals surface area contributed by atoms with Crippen molar-refractivity contribution in [2.45, 2.75) is 58.4 Å². The van der Waals surface area contributed by atoms with Gasteiger partial charge in [-0.25, -0.2) is 9.80 Å². The molecule has 116 valence electrons. The molecule has 20 heavy (non-hydrogen) atoms. The lowest BCUT2D eigenvalue weighted by Crippen LogP contribution is -2.51. The number of nitrogens with one attached hydrogen (secondary N) is 2. The van der Waals surface area contributed by atoms with Crippen LogP contribution in [0.2, 0.25) is 0 Å². The molecule has 1 saturated heterocycles. The Labute approximate surface area is 120 Å². The van der Waals surface area contributed by atoms with E-state index in [1.54, 1.807) is 6.92 Å². The first kappa shape index (κ1) is 16.8. The van der Waals surface area contributed by atoms with Crippen molar-refractivity contribution >= 4 is 12.0 Å². The van der Waals surface area contributed by atoms with Gasteiger partial charge in [0, 0.05) is 19.1 Å². The Kier molecular flexibility index (Phi) is 7.36. The summed E-state index contributed by atoms with van der Waals surface area (Å²) in [6, 6.07) is -0.105. The molecule has 1 heterocycles. The molecule has 2 amide bonds. The molecule has 0 aromatic heterocycles. The van der Waals surface area contributed by atoms with Crippen LogP contribution in [0.1, 0.15) is 52.4 Å². The van der Waals surface area contributed by atoms with Crippen LogP contribution < -0.4 is 10.7 Å². The normalized spacial score (nSPS) is 19.1. The molecule has 0 aliphatic carbocycles. The zero-order valence-corrected chi connectivity index (χ0v) is 12.5. The summed E-state index contributed by atoms with van der Waals surface area (Å²) in [7, 11) is 0. The fourth-order valence-corrected chi connectivity index (χ4v) is 2.33. The summed E-state index contributed by atoms with van der Waals surface area (Å²) in [5.74, 6) is -1.07. The molecule has 0 aromatic carbocycles. The van der Waals surface area contributed by atoms with Crippen LogP contribution in [0.3, 0.4) is 0 Å². The predicted octanol–water partition coefficient (Wildman–Crippen LogP) is 1.97. The topological polar surface area (TPSA) is 81.7 Å². The third-order valence-corrected chi connectivity index (χ3v) is 3.69. The number of piperidine rings is 1. The number of amides is 2. The smallest absolute Gasteiger partial charge is 0.329 e. The van der Waals surface area contributed by atoms with Crippen molar-refractivity contribution in [3.8, 4) is 0 Å². The molecule has 2 unspecified atom stereocenters. The van der Waals surface area contributed by atoms with Crippen molar-refractivity contribution in [2.75, 3.05) is 13.1 Å². The van der Waals surface area contributed by atoms with Crippen LogP contribution in [0.5, 0.6) is 0 Å². The fourth-order valence-electron chi connectivity index (χ4n) is 2.33. The quantitative estimate of drug-likeness (QED) is 0.668. The minimum Gasteiger partial charge on any atom is -0.481 e. The first-order valence-corrected chi connectivity index (χ1v) is 7.54. The highest BCUT2D eigenvalue weighted by Gasteiger charge is 2.15. The van der Waals surface area contributed by atoms with Gasteiger partial charge in [0.15, 0.2) is 0 Å². The maximum Gasteiger partial charge on any atom is 0.329 e. The zero-order chi connectivity index (χ0) is 15.0. The minimum atomic E-state index is -0.756. The fraction of sp³-hybridized carbons (Fsp3) is 0.857. The van der Waals surface area contributed by atoms with Gasteiger partial charge in [-0.15, -0.1) is 0 Å². The van der Waals surface area contributed by atoms with E-state index >= 15 is 0 Å². The Hall–Kier alpha value is -1.30. The number of hydrazine groups is 1. The van der Waals surface area contributed by atoms with Gasteiger partial charge >= 0.3 is 12.0 Å². The van der Waals surface area contributed by atoms with E-state index in [0.29, 0.717) is 6.42 Å². The van der Waals surface area contributed by atoms with Gasteiger partial charge in [0.05, 0.1) is 5.92 Å². The Morgan fingerprint density at radius 3 is 2.40 bits per heavy atom. The lowest BCUT2D eigenvalue weighted by Gasteiger charge is -2.27. The highest BCUT2D eigenvalue weighted by molar-refractivity contribution is 5.73. The molecule has 6 heteroatoms. The third kappa shape index (κ3) is 6.75. The van der Waals surface area contributed by atoms with Crippen molar-refractivity contribution < 1.29 is 14.7 Å². The van der Waals surface area contributed by atoms with E-state index in [-0.39, 0.29) is 18.0 Å². The molecule has 1 fully saturated rings. The maximum atomic E-state index is 11.8. The van der Waals surface area contributed by atoms with E-state index in [4.69, 9.17) is 5.11 Å². The van der Waals surface area contributed by atoms with Crippen molar-refractivity contribution in [1.82, 2.24) is 15.8 Å². The molecule has 0 saturated carbocycles. The van der Waals surface area contributed by atoms with Gasteiger partial charge in [-0.05, 0) is 32.6 Å². The summed E-state index contributed by atoms with van der Waals surface area (Å²) in [5.41, 5.74) is 2.86. The molecule has 1 aliphatic heterocycles. The molecule has 0 spiro atoms. The second-order valence-corrected chi connectivity index (χ2v) is 5.70. The van der Waals surface area contributed by atoms with Gasteiger partial charge < -0.3 is 10.4 Å². The molecular weight excluding hydrogens is 258 g/mol. The largest absolute Gasteiger partial charge is 0.481 e. The Bertz CT molecular complexity index is 317. The number of hydrogen-bond donors (Lipinski definition) is 3. The van der Waals surface area contributed by atoms with Crippen molar-refractivity contribution in [3.05, 3.63) is 0 Å². The second kappa shape index (κ2) is 8.79. The van der Waals surface area contributed by atoms with E-state index in [2.05, 4.69) is 10.7 Å². The second-order valence-electron chi connectivity index (χ2n) is 5.70. The Morgan fingerprint density at radius 2 is 1.80 bits per heavy atom. The average Bonchev–Trinajstić information content (AvgIpc) is 2.39. The summed E-state index contributed by atoms with van der Waals surface area (Å²) in [6.45, 7) is 5.49. The first-order valence-electron chi connectivity index (χ1n) is 7.54. The summed E-state index contributed by atoms with van der Waals surface area (Å²) in [5, 5.41) is 13.6. The van der Waals surface area contributed by atoms with Gasteiger partial charge in [0.25, 0.3) is 0 Å². The molecular formula is C14H27N3O3. The number of hydrogen-bond acceptors (Lipinski definition) is 3. The third-order valence-electron chi connectivity index (χ3n) is 3.69. The monoisotopic (exact) mass is 285 g/mol. The van der Waals surface area contributed by atoms with Crippen molar-refractivity contribution in [1.29, 1.82) is 0 Å². The highest BCUT2D eigenvalue weighted by atomic mass is 16.4. The number of carboxylic acid groups (broad SMARTS) is 1. The minimum absolute atomic E-state index is 0.0563. The van der Waals surface area contributed by atoms with Crippen LogP contribution in [0, 0.1) is 5.92 Å². The number of carbonyl (C=O) groups excluding carboxylic acids is 1. The van der Waals surface area contributed by atoms with Crippen molar-refractivity contribution in [2.24, 2.45) is 5.92 Å². The van der Waals surface area contributed by atoms with Crippen molar-refractivity contribution in [3.63, 3.8) is 0 Å². The van der Waals surface area contributed by atoms with E-state index in [0.717, 1.165) is 38.8 Å². The van der Waals surface area contributed by atoms with E-state index in [9.17, 15) is 9.59 Å². The predicted molar refractivity (Wildman–Crippen MR) is 77.2 cm³/mol. The number of carboxylic acids is 1. The molecule has 0 radical (unpaired) electrons. The van der Waals surface area contributed by atoms with E-state index < -0.39 is 5.97 Å². The lowest BCUT2D eigenvalue weighted by molar-refractivity contribution is -0.141. The standard InChI is InChI=1S/C14H27N3O3/c1-11(13(18)19)7-6-8-12(2)15-14(20)16-17-9-4-3-5-10-17/h11-12H,3-10H2,1-2H3,(H,18,19)(H2,15,16,20). The first-order chi connectivity index (χ1) is 9.49. The summed E-state index contributed by atoms with van der Waals surface area (Å²) < 4.78 is 0. The van der Waals surface area contributed by atoms with E-state index in [1.807, 2.05) is 11.9 Å². The summed E-state index contributed by atoms with van der Waals surface area (Å²) in [4.78, 5) is 22.5. The molecule has 1 rings (SSSR count). The number of urea groups is 1. The van der Waals surface area contributed by atoms with Gasteiger partial charge in [-0.3, -0.25) is 10.2 Å². The molecule has 0 aromatic rings. The van der Waals surface area contributed by atoms with Gasteiger partial charge in [0.2, 0.25) is 0 Å². The molecule has 1 aliphatic rings. The van der Waals surface area contributed by atoms with Crippen LogP contribution in [0.25, 0.3) is 0 Å². The number of rotatable bonds is 7. The van der Waals surface area contributed by atoms with E-state index in [1.165, 1.54) is 6.42 Å². The summed E-state index contributed by atoms with van der Waals surface area (Å²) in [6.07, 6.45) is 5.74. The van der Waals surface area contributed by atoms with Crippen LogP contribution >= 0.6 is 0 Å².